The smallest absolute Gasteiger partial charge is 0.0641 e. The van der Waals surface area contributed by atoms with E-state index in [-0.39, 0.29) is 6.61 Å². The summed E-state index contributed by atoms with van der Waals surface area (Å²) in [5.41, 5.74) is 3.86. The summed E-state index contributed by atoms with van der Waals surface area (Å²) in [6.45, 7) is 0.690. The first-order valence-corrected chi connectivity index (χ1v) is 6.58. The summed E-state index contributed by atoms with van der Waals surface area (Å²) in [5.74, 6) is 0.888. The Morgan fingerprint density at radius 1 is 1.28 bits per heavy atom. The lowest BCUT2D eigenvalue weighted by Gasteiger charge is -2.06. The van der Waals surface area contributed by atoms with E-state index in [2.05, 4.69) is 29.4 Å². The fraction of sp³-hybridized carbons (Fsp3) is 0.400. The molecule has 0 radical (unpaired) electrons. The van der Waals surface area contributed by atoms with Crippen molar-refractivity contribution in [2.45, 2.75) is 25.8 Å². The zero-order valence-corrected chi connectivity index (χ0v) is 10.4. The summed E-state index contributed by atoms with van der Waals surface area (Å²) in [4.78, 5) is 0. The van der Waals surface area contributed by atoms with Crippen LogP contribution < -0.4 is 0 Å². The van der Waals surface area contributed by atoms with Crippen LogP contribution in [0.1, 0.15) is 18.4 Å². The molecule has 1 aromatic carbocycles. The van der Waals surface area contributed by atoms with Crippen molar-refractivity contribution in [3.63, 3.8) is 0 Å². The third-order valence-corrected chi connectivity index (χ3v) is 3.50. The predicted octanol–water partition coefficient (Wildman–Crippen LogP) is 2.49. The van der Waals surface area contributed by atoms with Crippen LogP contribution in [0.5, 0.6) is 0 Å². The number of hydrogen-bond acceptors (Lipinski definition) is 2. The topological polar surface area (TPSA) is 38.0 Å². The first-order chi connectivity index (χ1) is 8.86. The number of nitrogens with zero attached hydrogens (tertiary/aromatic N) is 2. The van der Waals surface area contributed by atoms with Gasteiger partial charge in [-0.25, -0.2) is 0 Å². The van der Waals surface area contributed by atoms with Crippen LogP contribution in [0.4, 0.5) is 0 Å². The molecule has 0 spiro atoms. The number of aromatic nitrogens is 2. The Labute approximate surface area is 107 Å². The van der Waals surface area contributed by atoms with E-state index in [9.17, 15) is 0 Å². The average molecular weight is 242 g/mol. The van der Waals surface area contributed by atoms with E-state index in [0.29, 0.717) is 6.54 Å². The van der Waals surface area contributed by atoms with E-state index < -0.39 is 0 Å². The predicted molar refractivity (Wildman–Crippen MR) is 71.2 cm³/mol. The molecule has 1 N–H and O–H groups in total. The second-order valence-corrected chi connectivity index (χ2v) is 5.02. The lowest BCUT2D eigenvalue weighted by Crippen LogP contribution is -2.01. The summed E-state index contributed by atoms with van der Waals surface area (Å²) >= 11 is 0. The number of aliphatic hydroxyl groups excluding tert-OH is 1. The fourth-order valence-electron chi connectivity index (χ4n) is 2.34. The zero-order valence-electron chi connectivity index (χ0n) is 10.4. The molecule has 0 saturated heterocycles. The first kappa shape index (κ1) is 11.5. The molecule has 3 rings (SSSR count). The van der Waals surface area contributed by atoms with Gasteiger partial charge in [-0.3, -0.25) is 4.68 Å². The normalized spacial score (nSPS) is 14.9. The molecule has 1 aliphatic carbocycles. The van der Waals surface area contributed by atoms with E-state index >= 15 is 0 Å². The summed E-state index contributed by atoms with van der Waals surface area (Å²) in [5, 5.41) is 13.2. The van der Waals surface area contributed by atoms with Crippen LogP contribution >= 0.6 is 0 Å². The van der Waals surface area contributed by atoms with Gasteiger partial charge in [0.15, 0.2) is 0 Å². The molecular formula is C15H18N2O. The van der Waals surface area contributed by atoms with Crippen LogP contribution in [0, 0.1) is 5.92 Å². The van der Waals surface area contributed by atoms with Gasteiger partial charge in [-0.2, -0.15) is 5.10 Å². The van der Waals surface area contributed by atoms with Gasteiger partial charge in [0.25, 0.3) is 0 Å². The number of hydrogen-bond donors (Lipinski definition) is 1. The standard InChI is InChI=1S/C15H18N2O/c18-8-7-17-11-14(10-16-17)15-4-2-1-3-13(15)9-12-5-6-12/h1-4,10-12,18H,5-9H2. The lowest BCUT2D eigenvalue weighted by molar-refractivity contribution is 0.269. The van der Waals surface area contributed by atoms with E-state index in [4.69, 9.17) is 5.11 Å². The molecule has 2 aromatic rings. The van der Waals surface area contributed by atoms with Crippen LogP contribution in [0.2, 0.25) is 0 Å². The molecule has 3 nitrogen and oxygen atoms in total. The van der Waals surface area contributed by atoms with Gasteiger partial charge in [0, 0.05) is 11.8 Å². The molecule has 1 aliphatic rings. The molecule has 1 fully saturated rings. The highest BCUT2D eigenvalue weighted by Crippen LogP contribution is 2.35. The van der Waals surface area contributed by atoms with Crippen LogP contribution in [0.15, 0.2) is 36.7 Å². The Balaban J connectivity index is 1.88. The quantitative estimate of drug-likeness (QED) is 0.874. The molecule has 0 bridgehead atoms. The molecule has 1 aromatic heterocycles. The van der Waals surface area contributed by atoms with Gasteiger partial charge in [0.1, 0.15) is 0 Å². The first-order valence-electron chi connectivity index (χ1n) is 6.58. The number of aliphatic hydroxyl groups is 1. The molecule has 18 heavy (non-hydrogen) atoms. The van der Waals surface area contributed by atoms with Crippen molar-refractivity contribution in [1.29, 1.82) is 0 Å². The highest BCUT2D eigenvalue weighted by molar-refractivity contribution is 5.66. The number of benzene rings is 1. The van der Waals surface area contributed by atoms with Crippen LogP contribution in [0.3, 0.4) is 0 Å². The van der Waals surface area contributed by atoms with Crippen molar-refractivity contribution in [3.8, 4) is 11.1 Å². The molecule has 0 unspecified atom stereocenters. The maximum atomic E-state index is 8.92. The van der Waals surface area contributed by atoms with Crippen molar-refractivity contribution in [1.82, 2.24) is 9.78 Å². The highest BCUT2D eigenvalue weighted by Gasteiger charge is 2.22. The SMILES string of the molecule is OCCn1cc(-c2ccccc2CC2CC2)cn1. The Morgan fingerprint density at radius 2 is 2.11 bits per heavy atom. The van der Waals surface area contributed by atoms with Crippen molar-refractivity contribution in [2.75, 3.05) is 6.61 Å². The highest BCUT2D eigenvalue weighted by atomic mass is 16.3. The van der Waals surface area contributed by atoms with Gasteiger partial charge in [-0.15, -0.1) is 0 Å². The minimum absolute atomic E-state index is 0.130. The maximum absolute atomic E-state index is 8.92. The van der Waals surface area contributed by atoms with Gasteiger partial charge in [-0.1, -0.05) is 24.3 Å². The van der Waals surface area contributed by atoms with Gasteiger partial charge in [0.05, 0.1) is 19.3 Å². The zero-order chi connectivity index (χ0) is 12.4. The van der Waals surface area contributed by atoms with Gasteiger partial charge >= 0.3 is 0 Å². The van der Waals surface area contributed by atoms with Crippen LogP contribution in [-0.4, -0.2) is 21.5 Å². The molecule has 94 valence electrons. The van der Waals surface area contributed by atoms with Gasteiger partial charge in [0.2, 0.25) is 0 Å². The monoisotopic (exact) mass is 242 g/mol. The third-order valence-electron chi connectivity index (χ3n) is 3.50. The Kier molecular flexibility index (Phi) is 3.15. The maximum Gasteiger partial charge on any atom is 0.0641 e. The molecular weight excluding hydrogens is 224 g/mol. The second-order valence-electron chi connectivity index (χ2n) is 5.02. The Bertz CT molecular complexity index is 529. The largest absolute Gasteiger partial charge is 0.394 e. The molecule has 0 amide bonds. The minimum atomic E-state index is 0.130. The molecule has 0 aliphatic heterocycles. The van der Waals surface area contributed by atoms with Crippen molar-refractivity contribution >= 4 is 0 Å². The molecule has 1 saturated carbocycles. The summed E-state index contributed by atoms with van der Waals surface area (Å²) < 4.78 is 1.79. The Hall–Kier alpha value is -1.61. The van der Waals surface area contributed by atoms with E-state index in [1.165, 1.54) is 30.4 Å². The Morgan fingerprint density at radius 3 is 2.89 bits per heavy atom. The van der Waals surface area contributed by atoms with Crippen LogP contribution in [0.25, 0.3) is 11.1 Å². The van der Waals surface area contributed by atoms with Crippen molar-refractivity contribution in [3.05, 3.63) is 42.2 Å². The summed E-state index contributed by atoms with van der Waals surface area (Å²) in [6.07, 6.45) is 7.83. The van der Waals surface area contributed by atoms with Gasteiger partial charge < -0.3 is 5.11 Å². The van der Waals surface area contributed by atoms with Crippen molar-refractivity contribution in [2.24, 2.45) is 5.92 Å². The average Bonchev–Trinajstić information content (AvgIpc) is 3.07. The van der Waals surface area contributed by atoms with Gasteiger partial charge in [-0.05, 0) is 36.3 Å². The number of rotatable bonds is 5. The van der Waals surface area contributed by atoms with E-state index in [1.807, 2.05) is 12.4 Å². The molecule has 0 atom stereocenters. The fourth-order valence-corrected chi connectivity index (χ4v) is 2.34. The lowest BCUT2D eigenvalue weighted by atomic mass is 9.98. The summed E-state index contributed by atoms with van der Waals surface area (Å²) in [7, 11) is 0. The summed E-state index contributed by atoms with van der Waals surface area (Å²) in [6, 6.07) is 8.57. The second kappa shape index (κ2) is 4.94. The van der Waals surface area contributed by atoms with E-state index in [1.54, 1.807) is 4.68 Å². The molecule has 1 heterocycles. The van der Waals surface area contributed by atoms with Crippen molar-refractivity contribution < 1.29 is 5.11 Å². The molecule has 3 heteroatoms. The third kappa shape index (κ3) is 2.46. The minimum Gasteiger partial charge on any atom is -0.394 e. The van der Waals surface area contributed by atoms with E-state index in [0.717, 1.165) is 11.5 Å². The van der Waals surface area contributed by atoms with Crippen LogP contribution in [-0.2, 0) is 13.0 Å².